The Balaban J connectivity index is 2.05. The van der Waals surface area contributed by atoms with Crippen LogP contribution in [0.25, 0.3) is 0 Å². The van der Waals surface area contributed by atoms with E-state index in [2.05, 4.69) is 10.3 Å². The molecule has 1 atom stereocenters. The fourth-order valence-corrected chi connectivity index (χ4v) is 2.99. The average molecular weight is 335 g/mol. The number of benzene rings is 1. The van der Waals surface area contributed by atoms with E-state index >= 15 is 0 Å². The Morgan fingerprint density at radius 3 is 2.78 bits per heavy atom. The van der Waals surface area contributed by atoms with Crippen LogP contribution in [0.1, 0.15) is 25.6 Å². The Hall–Kier alpha value is -2.02. The van der Waals surface area contributed by atoms with Crippen LogP contribution in [-0.4, -0.2) is 35.2 Å². The fraction of sp³-hybridized carbons (Fsp3) is 0.438. The van der Waals surface area contributed by atoms with Gasteiger partial charge in [-0.15, -0.1) is 16.9 Å². The van der Waals surface area contributed by atoms with Crippen LogP contribution in [0, 0.1) is 5.92 Å². The number of hydrogen-bond donors (Lipinski definition) is 0. The number of carbonyl (C=O) groups excluding carboxylic acids is 1. The molecule has 124 valence electrons. The molecule has 0 saturated heterocycles. The number of nitrogens with zero attached hydrogens (tertiary/aromatic N) is 3. The lowest BCUT2D eigenvalue weighted by Gasteiger charge is -2.17. The molecule has 0 spiro atoms. The first kappa shape index (κ1) is 17.3. The standard InChI is InChI=1S/C16H21N3O3S/c1-11(2)15(16(20)22-4)19-9-12(17-18-19)10-23-14-7-5-6-13(8-14)21-3/h5-9,11,15H,10H2,1-4H3. The molecule has 7 heteroatoms. The van der Waals surface area contributed by atoms with Crippen molar-refractivity contribution in [1.82, 2.24) is 15.0 Å². The summed E-state index contributed by atoms with van der Waals surface area (Å²) in [4.78, 5) is 13.0. The minimum absolute atomic E-state index is 0.0723. The van der Waals surface area contributed by atoms with Gasteiger partial charge in [0.2, 0.25) is 0 Å². The molecule has 2 aromatic rings. The predicted octanol–water partition coefficient (Wildman–Crippen LogP) is 2.95. The first-order valence-electron chi connectivity index (χ1n) is 7.30. The van der Waals surface area contributed by atoms with Crippen LogP contribution in [0.15, 0.2) is 35.4 Å². The summed E-state index contributed by atoms with van der Waals surface area (Å²) in [5.41, 5.74) is 0.812. The molecule has 0 bridgehead atoms. The van der Waals surface area contributed by atoms with Crippen molar-refractivity contribution in [2.24, 2.45) is 5.92 Å². The Morgan fingerprint density at radius 1 is 1.35 bits per heavy atom. The zero-order valence-electron chi connectivity index (χ0n) is 13.7. The van der Waals surface area contributed by atoms with Crippen LogP contribution < -0.4 is 4.74 Å². The van der Waals surface area contributed by atoms with Gasteiger partial charge in [0.1, 0.15) is 5.75 Å². The monoisotopic (exact) mass is 335 g/mol. The molecule has 1 unspecified atom stereocenters. The zero-order chi connectivity index (χ0) is 16.8. The van der Waals surface area contributed by atoms with Gasteiger partial charge < -0.3 is 9.47 Å². The second-order valence-corrected chi connectivity index (χ2v) is 6.42. The summed E-state index contributed by atoms with van der Waals surface area (Å²) < 4.78 is 11.6. The van der Waals surface area contributed by atoms with Crippen molar-refractivity contribution in [2.75, 3.05) is 14.2 Å². The van der Waals surface area contributed by atoms with Crippen molar-refractivity contribution in [3.8, 4) is 5.75 Å². The summed E-state index contributed by atoms with van der Waals surface area (Å²) in [5.74, 6) is 1.25. The summed E-state index contributed by atoms with van der Waals surface area (Å²) in [5, 5.41) is 8.23. The summed E-state index contributed by atoms with van der Waals surface area (Å²) in [7, 11) is 3.03. The van der Waals surface area contributed by atoms with Crippen molar-refractivity contribution >= 4 is 17.7 Å². The lowest BCUT2D eigenvalue weighted by molar-refractivity contribution is -0.146. The molecule has 0 aliphatic heterocycles. The van der Waals surface area contributed by atoms with E-state index in [1.165, 1.54) is 7.11 Å². The third-order valence-electron chi connectivity index (χ3n) is 3.34. The van der Waals surface area contributed by atoms with Crippen molar-refractivity contribution in [3.63, 3.8) is 0 Å². The van der Waals surface area contributed by atoms with Gasteiger partial charge in [-0.2, -0.15) is 0 Å². The van der Waals surface area contributed by atoms with Gasteiger partial charge in [0.05, 0.1) is 26.1 Å². The summed E-state index contributed by atoms with van der Waals surface area (Å²) in [6, 6.07) is 7.39. The highest BCUT2D eigenvalue weighted by Crippen LogP contribution is 2.26. The second-order valence-electron chi connectivity index (χ2n) is 5.37. The van der Waals surface area contributed by atoms with Crippen LogP contribution in [0.5, 0.6) is 5.75 Å². The van der Waals surface area contributed by atoms with Crippen LogP contribution in [0.4, 0.5) is 0 Å². The number of thioether (sulfide) groups is 1. The minimum Gasteiger partial charge on any atom is -0.497 e. The van der Waals surface area contributed by atoms with Crippen LogP contribution in [0.3, 0.4) is 0 Å². The number of aromatic nitrogens is 3. The van der Waals surface area contributed by atoms with Gasteiger partial charge in [-0.3, -0.25) is 0 Å². The van der Waals surface area contributed by atoms with Crippen molar-refractivity contribution < 1.29 is 14.3 Å². The first-order chi connectivity index (χ1) is 11.0. The molecule has 0 aliphatic rings. The molecule has 0 saturated carbocycles. The average Bonchev–Trinajstić information content (AvgIpc) is 3.01. The molecule has 0 radical (unpaired) electrons. The normalized spacial score (nSPS) is 12.2. The Kier molecular flexibility index (Phi) is 6.04. The van der Waals surface area contributed by atoms with Gasteiger partial charge in [0.25, 0.3) is 0 Å². The summed E-state index contributed by atoms with van der Waals surface area (Å²) >= 11 is 1.64. The van der Waals surface area contributed by atoms with Gasteiger partial charge >= 0.3 is 5.97 Å². The lowest BCUT2D eigenvalue weighted by atomic mass is 10.1. The molecule has 1 aromatic carbocycles. The maximum absolute atomic E-state index is 11.9. The van der Waals surface area contributed by atoms with Gasteiger partial charge in [-0.25, -0.2) is 9.48 Å². The predicted molar refractivity (Wildman–Crippen MR) is 88.5 cm³/mol. The smallest absolute Gasteiger partial charge is 0.330 e. The number of hydrogen-bond acceptors (Lipinski definition) is 6. The highest BCUT2D eigenvalue weighted by Gasteiger charge is 2.26. The molecule has 23 heavy (non-hydrogen) atoms. The van der Waals surface area contributed by atoms with Crippen molar-refractivity contribution in [3.05, 3.63) is 36.2 Å². The quantitative estimate of drug-likeness (QED) is 0.572. The van der Waals surface area contributed by atoms with E-state index < -0.39 is 6.04 Å². The molecule has 1 aromatic heterocycles. The maximum Gasteiger partial charge on any atom is 0.330 e. The fourth-order valence-electron chi connectivity index (χ4n) is 2.17. The molecule has 2 rings (SSSR count). The number of esters is 1. The topological polar surface area (TPSA) is 66.2 Å². The SMILES string of the molecule is COC(=O)C(C(C)C)n1cc(CSc2cccc(OC)c2)nn1. The van der Waals surface area contributed by atoms with Gasteiger partial charge in [0.15, 0.2) is 6.04 Å². The minimum atomic E-state index is -0.455. The molecule has 0 N–H and O–H groups in total. The Morgan fingerprint density at radius 2 is 2.13 bits per heavy atom. The molecular weight excluding hydrogens is 314 g/mol. The number of methoxy groups -OCH3 is 2. The van der Waals surface area contributed by atoms with Crippen molar-refractivity contribution in [1.29, 1.82) is 0 Å². The van der Waals surface area contributed by atoms with E-state index in [0.29, 0.717) is 5.75 Å². The summed E-state index contributed by atoms with van der Waals surface area (Å²) in [6.45, 7) is 3.90. The second kappa shape index (κ2) is 8.01. The number of rotatable bonds is 7. The van der Waals surface area contributed by atoms with Crippen molar-refractivity contribution in [2.45, 2.75) is 30.5 Å². The van der Waals surface area contributed by atoms with E-state index in [1.54, 1.807) is 29.8 Å². The molecular formula is C16H21N3O3S. The maximum atomic E-state index is 11.9. The Bertz CT molecular complexity index is 658. The molecule has 0 amide bonds. The number of ether oxygens (including phenoxy) is 2. The van der Waals surface area contributed by atoms with Gasteiger partial charge in [-0.05, 0) is 24.1 Å². The highest BCUT2D eigenvalue weighted by atomic mass is 32.2. The largest absolute Gasteiger partial charge is 0.497 e. The van der Waals surface area contributed by atoms with E-state index in [0.717, 1.165) is 16.3 Å². The molecule has 6 nitrogen and oxygen atoms in total. The molecule has 0 aliphatic carbocycles. The van der Waals surface area contributed by atoms with Crippen LogP contribution >= 0.6 is 11.8 Å². The third kappa shape index (κ3) is 4.48. The lowest BCUT2D eigenvalue weighted by Crippen LogP contribution is -2.26. The van der Waals surface area contributed by atoms with Crippen LogP contribution in [-0.2, 0) is 15.3 Å². The van der Waals surface area contributed by atoms with E-state index in [9.17, 15) is 4.79 Å². The van der Waals surface area contributed by atoms with E-state index in [4.69, 9.17) is 9.47 Å². The third-order valence-corrected chi connectivity index (χ3v) is 4.37. The number of carbonyl (C=O) groups is 1. The van der Waals surface area contributed by atoms with Gasteiger partial charge in [-0.1, -0.05) is 25.1 Å². The van der Waals surface area contributed by atoms with Crippen LogP contribution in [0.2, 0.25) is 0 Å². The summed E-state index contributed by atoms with van der Waals surface area (Å²) in [6.07, 6.45) is 1.80. The van der Waals surface area contributed by atoms with Gasteiger partial charge in [0, 0.05) is 10.6 Å². The first-order valence-corrected chi connectivity index (χ1v) is 8.29. The Labute approximate surface area is 140 Å². The van der Waals surface area contributed by atoms with E-state index in [-0.39, 0.29) is 11.9 Å². The molecule has 0 fully saturated rings. The zero-order valence-corrected chi connectivity index (χ0v) is 14.5. The van der Waals surface area contributed by atoms with E-state index in [1.807, 2.05) is 38.1 Å². The molecule has 1 heterocycles. The highest BCUT2D eigenvalue weighted by molar-refractivity contribution is 7.98.